The standard InChI is InChI=1S/C53H33N3OS/c1-2-12-32(13-3-1)45-31-46(37-28-35-14-4-5-15-38(35)44(29-37)36-26-27-40-39-16-8-10-20-47(39)57-48(40)30-36)55-53(54-45)34-24-22-33(23-25-34)50-41-17-6-7-18-42(41)52-51(56-50)43-19-9-11-21-49(43)58-52/h1-10,12-20,22-31H,11,21H2. The van der Waals surface area contributed by atoms with Crippen LogP contribution >= 0.6 is 11.3 Å². The highest BCUT2D eigenvalue weighted by atomic mass is 32.1. The lowest BCUT2D eigenvalue weighted by Gasteiger charge is -2.13. The van der Waals surface area contributed by atoms with Crippen LogP contribution < -0.4 is 0 Å². The van der Waals surface area contributed by atoms with Crippen LogP contribution in [0.4, 0.5) is 0 Å². The van der Waals surface area contributed by atoms with Crippen LogP contribution in [0.2, 0.25) is 0 Å². The Labute approximate surface area is 338 Å². The van der Waals surface area contributed by atoms with Crippen LogP contribution in [-0.2, 0) is 6.42 Å². The summed E-state index contributed by atoms with van der Waals surface area (Å²) in [5.41, 5.74) is 13.2. The average Bonchev–Trinajstić information content (AvgIpc) is 3.87. The van der Waals surface area contributed by atoms with Crippen LogP contribution in [0.5, 0.6) is 0 Å². The molecule has 0 atom stereocenters. The Morgan fingerprint density at radius 1 is 0.483 bits per heavy atom. The van der Waals surface area contributed by atoms with Crippen molar-refractivity contribution in [3.05, 3.63) is 180 Å². The Bertz CT molecular complexity index is 3450. The van der Waals surface area contributed by atoms with E-state index in [1.54, 1.807) is 0 Å². The highest BCUT2D eigenvalue weighted by Crippen LogP contribution is 2.42. The van der Waals surface area contributed by atoms with E-state index in [0.717, 1.165) is 96.1 Å². The van der Waals surface area contributed by atoms with Gasteiger partial charge in [-0.15, -0.1) is 11.3 Å². The number of fused-ring (bicyclic) bond motifs is 9. The molecule has 1 aliphatic carbocycles. The van der Waals surface area contributed by atoms with Crippen molar-refractivity contribution in [2.45, 2.75) is 12.8 Å². The van der Waals surface area contributed by atoms with Gasteiger partial charge in [0, 0.05) is 54.2 Å². The third-order valence-corrected chi connectivity index (χ3v) is 12.8. The summed E-state index contributed by atoms with van der Waals surface area (Å²) in [6, 6.07) is 57.7. The highest BCUT2D eigenvalue weighted by Gasteiger charge is 2.20. The first kappa shape index (κ1) is 33.0. The maximum Gasteiger partial charge on any atom is 0.160 e. The summed E-state index contributed by atoms with van der Waals surface area (Å²) in [6.07, 6.45) is 6.70. The van der Waals surface area contributed by atoms with Crippen molar-refractivity contribution in [3.63, 3.8) is 0 Å². The number of hydrogen-bond donors (Lipinski definition) is 0. The number of allylic oxidation sites excluding steroid dienone is 1. The molecule has 4 nitrogen and oxygen atoms in total. The van der Waals surface area contributed by atoms with Gasteiger partial charge in [-0.3, -0.25) is 0 Å². The van der Waals surface area contributed by atoms with Gasteiger partial charge in [0.05, 0.1) is 27.3 Å². The van der Waals surface area contributed by atoms with Crippen LogP contribution in [0, 0.1) is 0 Å². The molecule has 0 unspecified atom stereocenters. The van der Waals surface area contributed by atoms with E-state index in [4.69, 9.17) is 19.4 Å². The number of benzene rings is 7. The van der Waals surface area contributed by atoms with Crippen molar-refractivity contribution in [2.75, 3.05) is 0 Å². The van der Waals surface area contributed by atoms with Gasteiger partial charge in [0.1, 0.15) is 11.2 Å². The van der Waals surface area contributed by atoms with Gasteiger partial charge >= 0.3 is 0 Å². The van der Waals surface area contributed by atoms with E-state index in [9.17, 15) is 0 Å². The first-order valence-electron chi connectivity index (χ1n) is 19.7. The van der Waals surface area contributed by atoms with Gasteiger partial charge in [-0.2, -0.15) is 0 Å². The zero-order valence-electron chi connectivity index (χ0n) is 31.3. The first-order chi connectivity index (χ1) is 28.7. The van der Waals surface area contributed by atoms with Gasteiger partial charge in [-0.05, 0) is 71.1 Å². The molecule has 12 rings (SSSR count). The minimum Gasteiger partial charge on any atom is -0.456 e. The van der Waals surface area contributed by atoms with E-state index in [-0.39, 0.29) is 0 Å². The summed E-state index contributed by atoms with van der Waals surface area (Å²) in [4.78, 5) is 17.3. The molecule has 4 heterocycles. The van der Waals surface area contributed by atoms with Gasteiger partial charge < -0.3 is 4.42 Å². The molecule has 0 saturated heterocycles. The zero-order valence-corrected chi connectivity index (χ0v) is 32.1. The molecular formula is C53H33N3OS. The molecule has 7 aromatic carbocycles. The lowest BCUT2D eigenvalue weighted by atomic mass is 9.93. The van der Waals surface area contributed by atoms with Crippen molar-refractivity contribution in [1.29, 1.82) is 0 Å². The second kappa shape index (κ2) is 13.2. The lowest BCUT2D eigenvalue weighted by molar-refractivity contribution is 0.669. The Balaban J connectivity index is 1.00. The largest absolute Gasteiger partial charge is 0.456 e. The monoisotopic (exact) mass is 759 g/mol. The number of nitrogens with zero attached hydrogens (tertiary/aromatic N) is 3. The van der Waals surface area contributed by atoms with Gasteiger partial charge in [0.25, 0.3) is 0 Å². The number of hydrogen-bond acceptors (Lipinski definition) is 5. The smallest absolute Gasteiger partial charge is 0.160 e. The first-order valence-corrected chi connectivity index (χ1v) is 20.5. The van der Waals surface area contributed by atoms with Gasteiger partial charge in [0.2, 0.25) is 0 Å². The zero-order chi connectivity index (χ0) is 38.2. The number of rotatable bonds is 5. The van der Waals surface area contributed by atoms with Crippen molar-refractivity contribution < 1.29 is 4.42 Å². The van der Waals surface area contributed by atoms with Crippen molar-refractivity contribution >= 4 is 71.1 Å². The van der Waals surface area contributed by atoms with Crippen molar-refractivity contribution in [2.24, 2.45) is 0 Å². The molecule has 11 aromatic rings. The highest BCUT2D eigenvalue weighted by molar-refractivity contribution is 7.20. The number of furan rings is 1. The molecule has 1 aliphatic rings. The fraction of sp³-hybridized carbons (Fsp3) is 0.0377. The summed E-state index contributed by atoms with van der Waals surface area (Å²) >= 11 is 1.90. The topological polar surface area (TPSA) is 51.8 Å². The maximum absolute atomic E-state index is 6.34. The van der Waals surface area contributed by atoms with Crippen LogP contribution in [0.1, 0.15) is 16.9 Å². The SMILES string of the molecule is C1=Cc2c(sc3c2nc(-c2ccc(-c4nc(-c5ccccc5)cc(-c5cc(-c6ccc7c(c6)oc6ccccc67)c6ccccc6c5)n4)cc2)c2ccccc23)CC1. The van der Waals surface area contributed by atoms with Crippen molar-refractivity contribution in [3.8, 4) is 56.3 Å². The molecule has 0 amide bonds. The van der Waals surface area contributed by atoms with E-state index in [1.807, 2.05) is 29.5 Å². The normalized spacial score (nSPS) is 12.6. The Morgan fingerprint density at radius 2 is 1.17 bits per heavy atom. The molecule has 0 aliphatic heterocycles. The van der Waals surface area contributed by atoms with Gasteiger partial charge in [-0.25, -0.2) is 15.0 Å². The average molecular weight is 760 g/mol. The minimum absolute atomic E-state index is 0.673. The molecular weight excluding hydrogens is 727 g/mol. The fourth-order valence-electron chi connectivity index (χ4n) is 8.68. The number of pyridine rings is 1. The second-order valence-corrected chi connectivity index (χ2v) is 16.1. The van der Waals surface area contributed by atoms with Crippen molar-refractivity contribution in [1.82, 2.24) is 15.0 Å². The van der Waals surface area contributed by atoms with Gasteiger partial charge in [0.15, 0.2) is 5.82 Å². The molecule has 58 heavy (non-hydrogen) atoms. The van der Waals surface area contributed by atoms with Crippen LogP contribution in [-0.4, -0.2) is 15.0 Å². The Hall–Kier alpha value is -7.21. The summed E-state index contributed by atoms with van der Waals surface area (Å²) in [5.74, 6) is 0.673. The van der Waals surface area contributed by atoms with E-state index in [1.165, 1.54) is 31.3 Å². The van der Waals surface area contributed by atoms with Crippen LogP contribution in [0.15, 0.2) is 174 Å². The molecule has 0 radical (unpaired) electrons. The second-order valence-electron chi connectivity index (χ2n) is 15.0. The van der Waals surface area contributed by atoms with Crippen LogP contribution in [0.3, 0.4) is 0 Å². The third kappa shape index (κ3) is 5.39. The summed E-state index contributed by atoms with van der Waals surface area (Å²) < 4.78 is 7.62. The van der Waals surface area contributed by atoms with Crippen LogP contribution in [0.25, 0.3) is 116 Å². The van der Waals surface area contributed by atoms with E-state index in [2.05, 4.69) is 158 Å². The summed E-state index contributed by atoms with van der Waals surface area (Å²) in [7, 11) is 0. The maximum atomic E-state index is 6.34. The van der Waals surface area contributed by atoms with E-state index < -0.39 is 0 Å². The van der Waals surface area contributed by atoms with Gasteiger partial charge in [-0.1, -0.05) is 140 Å². The number of para-hydroxylation sites is 1. The minimum atomic E-state index is 0.673. The quantitative estimate of drug-likeness (QED) is 0.175. The molecule has 272 valence electrons. The molecule has 5 heteroatoms. The molecule has 0 spiro atoms. The number of aromatic nitrogens is 3. The molecule has 4 aromatic heterocycles. The predicted molar refractivity (Wildman–Crippen MR) is 242 cm³/mol. The number of thiophene rings is 1. The Kier molecular flexibility index (Phi) is 7.50. The van der Waals surface area contributed by atoms with E-state index >= 15 is 0 Å². The summed E-state index contributed by atoms with van der Waals surface area (Å²) in [6.45, 7) is 0. The molecule has 0 N–H and O–H groups in total. The lowest BCUT2D eigenvalue weighted by Crippen LogP contribution is -1.97. The molecule has 0 fully saturated rings. The summed E-state index contributed by atoms with van der Waals surface area (Å²) in [5, 5.41) is 6.99. The fourth-order valence-corrected chi connectivity index (χ4v) is 9.96. The molecule has 0 bridgehead atoms. The molecule has 0 saturated carbocycles. The third-order valence-electron chi connectivity index (χ3n) is 11.5. The Morgan fingerprint density at radius 3 is 2.03 bits per heavy atom. The number of aryl methyl sites for hydroxylation is 1. The predicted octanol–water partition coefficient (Wildman–Crippen LogP) is 14.6. The van der Waals surface area contributed by atoms with E-state index in [0.29, 0.717) is 5.82 Å².